The monoisotopic (exact) mass is 479 g/mol. The van der Waals surface area contributed by atoms with E-state index >= 15 is 0 Å². The van der Waals surface area contributed by atoms with E-state index in [0.717, 1.165) is 0 Å². The number of nitrogens with zero attached hydrogens (tertiary/aromatic N) is 3. The predicted molar refractivity (Wildman–Crippen MR) is 111 cm³/mol. The molecule has 3 heterocycles. The standard InChI is InChI=1S/C21H15GeN3O6/c1-4-10-16(11-5-1)19-23-29-22(26-19,27-20(24-30-22)17-12-6-2-7-13-17)28-21(25-31-22)18-14-8-3-9-15-18/h1-15H/q-2. The van der Waals surface area contributed by atoms with Crippen molar-refractivity contribution in [2.75, 3.05) is 0 Å². The van der Waals surface area contributed by atoms with Crippen LogP contribution in [0.15, 0.2) is 106 Å². The molecule has 3 aromatic carbocycles. The molecule has 9 nitrogen and oxygen atoms in total. The van der Waals surface area contributed by atoms with Crippen LogP contribution in [0.2, 0.25) is 0 Å². The van der Waals surface area contributed by atoms with Gasteiger partial charge in [-0.3, -0.25) is 0 Å². The van der Waals surface area contributed by atoms with Gasteiger partial charge in [0.25, 0.3) is 0 Å². The number of benzene rings is 3. The Hall–Kier alpha value is -3.99. The molecule has 0 N–H and O–H groups in total. The van der Waals surface area contributed by atoms with E-state index in [1.54, 1.807) is 36.4 Å². The fourth-order valence-electron chi connectivity index (χ4n) is 3.41. The Kier molecular flexibility index (Phi) is 3.33. The maximum atomic E-state index is 6.13. The normalized spacial score (nSPS) is 23.0. The first-order chi connectivity index (χ1) is 15.1. The van der Waals surface area contributed by atoms with Crippen molar-refractivity contribution in [2.45, 2.75) is 0 Å². The van der Waals surface area contributed by atoms with Gasteiger partial charge >= 0.3 is 177 Å². The van der Waals surface area contributed by atoms with Gasteiger partial charge in [0.1, 0.15) is 0 Å². The summed E-state index contributed by atoms with van der Waals surface area (Å²) in [5.41, 5.74) is 1.83. The summed E-state index contributed by atoms with van der Waals surface area (Å²) < 4.78 is 35.6. The quantitative estimate of drug-likeness (QED) is 0.535. The second kappa shape index (κ2) is 5.79. The summed E-state index contributed by atoms with van der Waals surface area (Å²) >= 11 is -6.78. The van der Waals surface area contributed by atoms with Crippen molar-refractivity contribution in [3.63, 3.8) is 0 Å². The van der Waals surface area contributed by atoms with Crippen molar-refractivity contribution >= 4 is 30.8 Å². The van der Waals surface area contributed by atoms with Gasteiger partial charge in [-0.15, -0.1) is 0 Å². The van der Waals surface area contributed by atoms with Crippen LogP contribution in [0.25, 0.3) is 0 Å². The van der Waals surface area contributed by atoms with Crippen LogP contribution in [0.1, 0.15) is 16.7 Å². The second-order valence-corrected chi connectivity index (χ2v) is 14.8. The van der Waals surface area contributed by atoms with E-state index in [1.165, 1.54) is 0 Å². The summed E-state index contributed by atoms with van der Waals surface area (Å²) in [6.07, 6.45) is 0. The summed E-state index contributed by atoms with van der Waals surface area (Å²) in [6.45, 7) is 0. The van der Waals surface area contributed by atoms with Gasteiger partial charge in [-0.2, -0.15) is 0 Å². The van der Waals surface area contributed by atoms with Crippen molar-refractivity contribution in [3.8, 4) is 0 Å². The molecule has 0 bridgehead atoms. The van der Waals surface area contributed by atoms with Gasteiger partial charge in [0.05, 0.1) is 0 Å². The Balaban J connectivity index is 1.43. The molecule has 156 valence electrons. The molecule has 0 saturated carbocycles. The van der Waals surface area contributed by atoms with Crippen LogP contribution in [0, 0.1) is 0 Å². The first kappa shape index (κ1) is 17.8. The molecule has 0 unspecified atom stereocenters. The van der Waals surface area contributed by atoms with E-state index in [1.807, 2.05) is 54.6 Å². The number of hydrogen-bond donors (Lipinski definition) is 0. The predicted octanol–water partition coefficient (Wildman–Crippen LogP) is 3.55. The topological polar surface area (TPSA) is 92.5 Å². The fourth-order valence-corrected chi connectivity index (χ4v) is 9.74. The van der Waals surface area contributed by atoms with E-state index in [4.69, 9.17) is 22.9 Å². The molecule has 6 rings (SSSR count). The van der Waals surface area contributed by atoms with Crippen LogP contribution in [0.4, 0.5) is 0 Å². The number of hydrogen-bond acceptors (Lipinski definition) is 9. The Morgan fingerprint density at radius 3 is 1.00 bits per heavy atom. The molecule has 10 heteroatoms. The summed E-state index contributed by atoms with van der Waals surface area (Å²) in [5.74, 6) is 0.207. The molecule has 0 amide bonds. The first-order valence-corrected chi connectivity index (χ1v) is 14.7. The zero-order chi connectivity index (χ0) is 20.8. The van der Waals surface area contributed by atoms with Gasteiger partial charge in [-0.1, -0.05) is 0 Å². The van der Waals surface area contributed by atoms with Crippen molar-refractivity contribution in [3.05, 3.63) is 108 Å². The van der Waals surface area contributed by atoms with E-state index in [9.17, 15) is 0 Å². The molecule has 1 spiro atoms. The van der Waals surface area contributed by atoms with Crippen molar-refractivity contribution in [1.29, 1.82) is 0 Å². The van der Waals surface area contributed by atoms with E-state index in [2.05, 4.69) is 15.5 Å². The summed E-state index contributed by atoms with van der Waals surface area (Å²) in [5, 5.41) is 12.2. The van der Waals surface area contributed by atoms with Crippen LogP contribution in [0.5, 0.6) is 0 Å². The molecular formula is C21H15GeN3O6-2. The molecule has 0 fully saturated rings. The van der Waals surface area contributed by atoms with E-state index < -0.39 is 13.1 Å². The van der Waals surface area contributed by atoms with Gasteiger partial charge in [0, 0.05) is 0 Å². The van der Waals surface area contributed by atoms with Gasteiger partial charge in [0.15, 0.2) is 0 Å². The second-order valence-electron chi connectivity index (χ2n) is 7.12. The van der Waals surface area contributed by atoms with Crippen LogP contribution < -0.4 is 0 Å². The average molecular weight is 478 g/mol. The zero-order valence-electron chi connectivity index (χ0n) is 16.0. The molecule has 0 atom stereocenters. The van der Waals surface area contributed by atoms with Crippen molar-refractivity contribution in [1.82, 2.24) is 0 Å². The van der Waals surface area contributed by atoms with Crippen LogP contribution >= 0.6 is 0 Å². The van der Waals surface area contributed by atoms with E-state index in [-0.39, 0.29) is 17.7 Å². The number of rotatable bonds is 3. The van der Waals surface area contributed by atoms with Gasteiger partial charge in [-0.05, 0) is 0 Å². The SMILES string of the molecule is c1ccc(C2=N[O][Ge-2]34([O]N=C(c5ccccc5)[O]3)([O]N=C(c3ccccc3)[O]4)[O]2)cc1. The fraction of sp³-hybridized carbons (Fsp3) is 0. The number of oxime groups is 3. The molecule has 3 aliphatic rings. The first-order valence-electron chi connectivity index (χ1n) is 9.54. The minimum atomic E-state index is -6.78. The maximum absolute atomic E-state index is 6.78. The molecule has 3 aromatic rings. The van der Waals surface area contributed by atoms with Crippen LogP contribution in [-0.4, -0.2) is 30.8 Å². The minimum absolute atomic E-state index is 0.0691. The summed E-state index contributed by atoms with van der Waals surface area (Å²) in [4.78, 5) is 0. The zero-order valence-corrected chi connectivity index (χ0v) is 18.0. The third kappa shape index (κ3) is 2.53. The average Bonchev–Trinajstić information content (AvgIpc) is 3.50. The molecule has 0 aromatic heterocycles. The molecule has 3 aliphatic heterocycles. The van der Waals surface area contributed by atoms with Gasteiger partial charge in [-0.25, -0.2) is 0 Å². The van der Waals surface area contributed by atoms with E-state index in [0.29, 0.717) is 16.7 Å². The third-order valence-electron chi connectivity index (χ3n) is 4.92. The Labute approximate surface area is 177 Å². The molecular weight excluding hydrogens is 463 g/mol. The molecule has 31 heavy (non-hydrogen) atoms. The molecule has 0 radical (unpaired) electrons. The van der Waals surface area contributed by atoms with Gasteiger partial charge in [0.2, 0.25) is 0 Å². The summed E-state index contributed by atoms with van der Waals surface area (Å²) in [6, 6.07) is 27.3. The van der Waals surface area contributed by atoms with Crippen LogP contribution in [0.3, 0.4) is 0 Å². The molecule has 0 saturated heterocycles. The van der Waals surface area contributed by atoms with Gasteiger partial charge < -0.3 is 0 Å². The van der Waals surface area contributed by atoms with Crippen LogP contribution in [-0.2, 0) is 22.9 Å². The van der Waals surface area contributed by atoms with Crippen molar-refractivity contribution < 1.29 is 22.9 Å². The Morgan fingerprint density at radius 2 is 0.710 bits per heavy atom. The molecule has 0 aliphatic carbocycles. The third-order valence-corrected chi connectivity index (χ3v) is 11.7. The Morgan fingerprint density at radius 1 is 0.419 bits per heavy atom. The van der Waals surface area contributed by atoms with Crippen molar-refractivity contribution in [2.24, 2.45) is 15.5 Å². The Bertz CT molecular complexity index is 1110. The summed E-state index contributed by atoms with van der Waals surface area (Å²) in [7, 11) is 0.